The molecular weight excluding hydrogens is 402 g/mol. The number of rotatable bonds is 7. The van der Waals surface area contributed by atoms with E-state index in [1.165, 1.54) is 28.5 Å². The van der Waals surface area contributed by atoms with Gasteiger partial charge in [-0.3, -0.25) is 9.36 Å². The lowest BCUT2D eigenvalue weighted by molar-refractivity contribution is -0.147. The lowest BCUT2D eigenvalue weighted by Gasteiger charge is -2.17. The predicted molar refractivity (Wildman–Crippen MR) is 117 cm³/mol. The maximum atomic E-state index is 13.1. The molecular formula is C23H28ClN3O3. The minimum atomic E-state index is -0.630. The third kappa shape index (κ3) is 4.24. The van der Waals surface area contributed by atoms with Crippen LogP contribution in [0, 0.1) is 0 Å². The highest BCUT2D eigenvalue weighted by Gasteiger charge is 2.33. The second kappa shape index (κ2) is 9.21. The summed E-state index contributed by atoms with van der Waals surface area (Å²) < 4.78 is 6.83. The molecule has 1 atom stereocenters. The molecule has 0 saturated heterocycles. The number of anilines is 1. The monoisotopic (exact) mass is 429 g/mol. The van der Waals surface area contributed by atoms with Gasteiger partial charge in [-0.15, -0.1) is 0 Å². The van der Waals surface area contributed by atoms with E-state index in [9.17, 15) is 9.59 Å². The Kier molecular flexibility index (Phi) is 6.42. The van der Waals surface area contributed by atoms with Crippen molar-refractivity contribution in [2.24, 2.45) is 0 Å². The van der Waals surface area contributed by atoms with E-state index in [1.54, 1.807) is 0 Å². The largest absolute Gasteiger partial charge is 0.464 e. The minimum Gasteiger partial charge on any atom is -0.464 e. The maximum Gasteiger partial charge on any atom is 0.329 e. The summed E-state index contributed by atoms with van der Waals surface area (Å²) in [5.41, 5.74) is 4.22. The first kappa shape index (κ1) is 20.9. The molecule has 0 radical (unpaired) electrons. The number of halogens is 1. The smallest absolute Gasteiger partial charge is 0.329 e. The van der Waals surface area contributed by atoms with Crippen LogP contribution in [0.25, 0.3) is 0 Å². The quantitative estimate of drug-likeness (QED) is 0.527. The van der Waals surface area contributed by atoms with Gasteiger partial charge in [-0.1, -0.05) is 43.1 Å². The van der Waals surface area contributed by atoms with Crippen molar-refractivity contribution < 1.29 is 9.53 Å². The number of carbonyl (C=O) groups is 1. The van der Waals surface area contributed by atoms with Crippen molar-refractivity contribution in [3.8, 4) is 0 Å². The van der Waals surface area contributed by atoms with Crippen LogP contribution < -0.4 is 10.9 Å². The van der Waals surface area contributed by atoms with E-state index in [0.717, 1.165) is 31.2 Å². The van der Waals surface area contributed by atoms with E-state index in [4.69, 9.17) is 16.3 Å². The Morgan fingerprint density at radius 3 is 2.87 bits per heavy atom. The number of benzene rings is 1. The molecule has 0 bridgehead atoms. The molecule has 160 valence electrons. The lowest BCUT2D eigenvalue weighted by atomic mass is 9.90. The second-order valence-corrected chi connectivity index (χ2v) is 8.47. The van der Waals surface area contributed by atoms with E-state index in [-0.39, 0.29) is 22.5 Å². The van der Waals surface area contributed by atoms with Crippen LogP contribution in [0.1, 0.15) is 67.5 Å². The standard InChI is InChI=1S/C23H28ClN3O3/c1-2-3-12-30-23(29)19-11-10-18-20(24)26-21(22(28)27(18)19)25-14-15-8-9-16-6-4-5-7-17(16)13-15/h8-9,13,19H,2-7,10-12,14H2,1H3,(H,25,26)/t19-/m0/s1. The molecule has 1 N–H and O–H groups in total. The molecule has 1 aromatic carbocycles. The zero-order valence-electron chi connectivity index (χ0n) is 17.4. The number of aryl methyl sites for hydroxylation is 2. The molecule has 0 saturated carbocycles. The molecule has 0 amide bonds. The van der Waals surface area contributed by atoms with Gasteiger partial charge in [0.15, 0.2) is 11.0 Å². The van der Waals surface area contributed by atoms with Gasteiger partial charge in [0.05, 0.1) is 12.3 Å². The van der Waals surface area contributed by atoms with Crippen molar-refractivity contribution in [2.75, 3.05) is 11.9 Å². The van der Waals surface area contributed by atoms with E-state index in [1.807, 2.05) is 6.92 Å². The van der Waals surface area contributed by atoms with E-state index >= 15 is 0 Å². The fraction of sp³-hybridized carbons (Fsp3) is 0.522. The van der Waals surface area contributed by atoms with Crippen LogP contribution in [0.5, 0.6) is 0 Å². The zero-order chi connectivity index (χ0) is 21.1. The molecule has 2 aliphatic rings. The topological polar surface area (TPSA) is 73.2 Å². The molecule has 0 spiro atoms. The van der Waals surface area contributed by atoms with Gasteiger partial charge in [0.25, 0.3) is 5.56 Å². The van der Waals surface area contributed by atoms with Gasteiger partial charge in [0.2, 0.25) is 0 Å². The van der Waals surface area contributed by atoms with Crippen LogP contribution in [0.15, 0.2) is 23.0 Å². The van der Waals surface area contributed by atoms with Gasteiger partial charge in [-0.2, -0.15) is 0 Å². The molecule has 6 nitrogen and oxygen atoms in total. The molecule has 7 heteroatoms. The summed E-state index contributed by atoms with van der Waals surface area (Å²) in [6.07, 6.45) is 7.53. The van der Waals surface area contributed by atoms with Crippen LogP contribution in [0.3, 0.4) is 0 Å². The molecule has 1 aliphatic carbocycles. The van der Waals surface area contributed by atoms with Crippen molar-refractivity contribution in [2.45, 2.75) is 70.9 Å². The highest BCUT2D eigenvalue weighted by atomic mass is 35.5. The van der Waals surface area contributed by atoms with E-state index < -0.39 is 6.04 Å². The lowest BCUT2D eigenvalue weighted by Crippen LogP contribution is -2.31. The fourth-order valence-corrected chi connectivity index (χ4v) is 4.61. The molecule has 30 heavy (non-hydrogen) atoms. The number of unbranched alkanes of at least 4 members (excludes halogenated alkanes) is 1. The average molecular weight is 430 g/mol. The number of hydrogen-bond acceptors (Lipinski definition) is 5. The van der Waals surface area contributed by atoms with Crippen LogP contribution in [-0.2, 0) is 35.3 Å². The highest BCUT2D eigenvalue weighted by Crippen LogP contribution is 2.30. The number of esters is 1. The Hall–Kier alpha value is -2.34. The molecule has 1 aliphatic heterocycles. The minimum absolute atomic E-state index is 0.176. The molecule has 4 rings (SSSR count). The second-order valence-electron chi connectivity index (χ2n) is 8.11. The number of hydrogen-bond donors (Lipinski definition) is 1. The van der Waals surface area contributed by atoms with E-state index in [2.05, 4.69) is 28.5 Å². The van der Waals surface area contributed by atoms with Crippen LogP contribution in [0.2, 0.25) is 5.15 Å². The summed E-state index contributed by atoms with van der Waals surface area (Å²) in [6, 6.07) is 5.86. The van der Waals surface area contributed by atoms with Gasteiger partial charge < -0.3 is 10.1 Å². The van der Waals surface area contributed by atoms with Gasteiger partial charge >= 0.3 is 5.97 Å². The van der Waals surface area contributed by atoms with Gasteiger partial charge in [0.1, 0.15) is 6.04 Å². The van der Waals surface area contributed by atoms with Crippen LogP contribution >= 0.6 is 11.6 Å². The Balaban J connectivity index is 1.53. The Morgan fingerprint density at radius 2 is 2.07 bits per heavy atom. The summed E-state index contributed by atoms with van der Waals surface area (Å²) in [7, 11) is 0. The first-order valence-corrected chi connectivity index (χ1v) is 11.3. The van der Waals surface area contributed by atoms with Crippen molar-refractivity contribution in [1.82, 2.24) is 9.55 Å². The molecule has 2 heterocycles. The van der Waals surface area contributed by atoms with Crippen molar-refractivity contribution >= 4 is 23.4 Å². The molecule has 0 fully saturated rings. The third-order valence-corrected chi connectivity index (χ3v) is 6.32. The predicted octanol–water partition coefficient (Wildman–Crippen LogP) is 4.22. The first-order valence-electron chi connectivity index (χ1n) is 10.9. The summed E-state index contributed by atoms with van der Waals surface area (Å²) in [6.45, 7) is 2.89. The van der Waals surface area contributed by atoms with Crippen LogP contribution in [-0.4, -0.2) is 22.1 Å². The van der Waals surface area contributed by atoms with Crippen molar-refractivity contribution in [3.63, 3.8) is 0 Å². The number of aromatic nitrogens is 2. The summed E-state index contributed by atoms with van der Waals surface area (Å²) in [5.74, 6) is -0.193. The van der Waals surface area contributed by atoms with Crippen molar-refractivity contribution in [3.05, 3.63) is 56.1 Å². The van der Waals surface area contributed by atoms with Crippen molar-refractivity contribution in [1.29, 1.82) is 0 Å². The van der Waals surface area contributed by atoms with Gasteiger partial charge in [-0.05, 0) is 61.6 Å². The van der Waals surface area contributed by atoms with Gasteiger partial charge in [-0.25, -0.2) is 9.78 Å². The van der Waals surface area contributed by atoms with E-state index in [0.29, 0.717) is 31.7 Å². The first-order chi connectivity index (χ1) is 14.6. The molecule has 0 unspecified atom stereocenters. The number of nitrogens with zero attached hydrogens (tertiary/aromatic N) is 2. The third-order valence-electron chi connectivity index (χ3n) is 6.01. The van der Waals surface area contributed by atoms with Crippen LogP contribution in [0.4, 0.5) is 5.82 Å². The number of nitrogens with one attached hydrogen (secondary N) is 1. The van der Waals surface area contributed by atoms with Gasteiger partial charge in [0, 0.05) is 6.54 Å². The zero-order valence-corrected chi connectivity index (χ0v) is 18.1. The Morgan fingerprint density at radius 1 is 1.27 bits per heavy atom. The summed E-state index contributed by atoms with van der Waals surface area (Å²) >= 11 is 6.36. The fourth-order valence-electron chi connectivity index (χ4n) is 4.34. The Bertz CT molecular complexity index is 1000. The summed E-state index contributed by atoms with van der Waals surface area (Å²) in [5, 5.41) is 3.41. The average Bonchev–Trinajstić information content (AvgIpc) is 3.21. The SMILES string of the molecule is CCCCOC(=O)[C@@H]1CCc2c(Cl)nc(NCc3ccc4c(c3)CCCC4)c(=O)n21. The maximum absolute atomic E-state index is 13.1. The normalized spacial score (nSPS) is 17.3. The number of ether oxygens (including phenoxy) is 1. The highest BCUT2D eigenvalue weighted by molar-refractivity contribution is 6.30. The summed E-state index contributed by atoms with van der Waals surface area (Å²) in [4.78, 5) is 29.9. The molecule has 2 aromatic rings. The molecule has 1 aromatic heterocycles. The number of carbonyl (C=O) groups excluding carboxylic acids is 1. The number of fused-ring (bicyclic) bond motifs is 2. The Labute approximate surface area is 181 Å².